The van der Waals surface area contributed by atoms with Crippen molar-refractivity contribution in [3.8, 4) is 5.75 Å². The molecule has 1 rings (SSSR count). The highest BCUT2D eigenvalue weighted by atomic mass is 16.6. The summed E-state index contributed by atoms with van der Waals surface area (Å²) in [7, 11) is 0. The van der Waals surface area contributed by atoms with E-state index in [0.29, 0.717) is 24.7 Å². The van der Waals surface area contributed by atoms with Gasteiger partial charge >= 0.3 is 11.4 Å². The van der Waals surface area contributed by atoms with Gasteiger partial charge in [-0.3, -0.25) is 30.3 Å². The van der Waals surface area contributed by atoms with Gasteiger partial charge in [-0.15, -0.1) is 0 Å². The van der Waals surface area contributed by atoms with Crippen molar-refractivity contribution in [1.29, 1.82) is 0 Å². The average molecular weight is 332 g/mol. The third-order valence-electron chi connectivity index (χ3n) is 2.32. The third-order valence-corrected chi connectivity index (χ3v) is 2.32. The van der Waals surface area contributed by atoms with Gasteiger partial charge in [0.25, 0.3) is 11.4 Å². The van der Waals surface area contributed by atoms with E-state index in [1.165, 1.54) is 0 Å². The molecule has 1 aromatic rings. The van der Waals surface area contributed by atoms with Crippen LogP contribution < -0.4 is 5.32 Å². The molecule has 0 aliphatic carbocycles. The van der Waals surface area contributed by atoms with E-state index < -0.39 is 37.6 Å². The van der Waals surface area contributed by atoms with Gasteiger partial charge < -0.3 is 15.5 Å². The average Bonchev–Trinajstić information content (AvgIpc) is 2.44. The topological polar surface area (TPSA) is 182 Å². The Bertz CT molecular complexity index is 554. The van der Waals surface area contributed by atoms with E-state index in [9.17, 15) is 30.3 Å². The lowest BCUT2D eigenvalue weighted by Crippen LogP contribution is -2.25. The number of nitro benzene ring substituents is 3. The number of hydrogen-bond acceptors (Lipinski definition) is 9. The lowest BCUT2D eigenvalue weighted by molar-refractivity contribution is -0.404. The number of phenols is 1. The zero-order chi connectivity index (χ0) is 18.2. The van der Waals surface area contributed by atoms with Crippen LogP contribution in [0.15, 0.2) is 12.1 Å². The molecule has 0 saturated carbocycles. The smallest absolute Gasteiger partial charge is 0.324 e. The number of phenolic OH excluding ortho intramolecular Hbond substituents is 1. The molecule has 0 amide bonds. The molecular formula is C11H16N4O8. The first-order valence-electron chi connectivity index (χ1n) is 6.26. The molecule has 3 N–H and O–H groups in total. The summed E-state index contributed by atoms with van der Waals surface area (Å²) in [6, 6.07) is 1.39. The number of benzene rings is 1. The Kier molecular flexibility index (Phi) is 8.07. The van der Waals surface area contributed by atoms with E-state index in [1.807, 2.05) is 0 Å². The maximum absolute atomic E-state index is 10.4. The SMILES string of the molecule is CC(C)NCCO.O=[N+]([O-])c1cc([N+](=O)[O-])c(O)c([N+](=O)[O-])c1. The lowest BCUT2D eigenvalue weighted by Gasteiger charge is -2.03. The normalized spacial score (nSPS) is 9.91. The molecule has 0 aliphatic rings. The van der Waals surface area contributed by atoms with Crippen LogP contribution in [0.4, 0.5) is 17.1 Å². The molecule has 0 unspecified atom stereocenters. The number of aromatic hydroxyl groups is 1. The maximum atomic E-state index is 10.4. The number of nitro groups is 3. The van der Waals surface area contributed by atoms with Gasteiger partial charge in [-0.2, -0.15) is 0 Å². The fraction of sp³-hybridized carbons (Fsp3) is 0.455. The largest absolute Gasteiger partial charge is 0.497 e. The van der Waals surface area contributed by atoms with Gasteiger partial charge in [0.1, 0.15) is 0 Å². The van der Waals surface area contributed by atoms with E-state index in [-0.39, 0.29) is 6.61 Å². The first-order valence-corrected chi connectivity index (χ1v) is 6.26. The van der Waals surface area contributed by atoms with Crippen molar-refractivity contribution in [2.45, 2.75) is 19.9 Å². The molecule has 0 bridgehead atoms. The van der Waals surface area contributed by atoms with E-state index in [4.69, 9.17) is 10.2 Å². The molecule has 12 nitrogen and oxygen atoms in total. The summed E-state index contributed by atoms with van der Waals surface area (Å²) in [6.07, 6.45) is 0. The lowest BCUT2D eigenvalue weighted by atomic mass is 10.2. The maximum Gasteiger partial charge on any atom is 0.324 e. The molecule has 0 saturated heterocycles. The minimum Gasteiger partial charge on any atom is -0.497 e. The second-order valence-electron chi connectivity index (χ2n) is 4.44. The summed E-state index contributed by atoms with van der Waals surface area (Å²) in [5.74, 6) is -1.21. The summed E-state index contributed by atoms with van der Waals surface area (Å²) in [4.78, 5) is 27.8. The van der Waals surface area contributed by atoms with Crippen molar-refractivity contribution in [1.82, 2.24) is 5.32 Å². The van der Waals surface area contributed by atoms with E-state index >= 15 is 0 Å². The van der Waals surface area contributed by atoms with Gasteiger partial charge in [-0.1, -0.05) is 13.8 Å². The van der Waals surface area contributed by atoms with E-state index in [0.717, 1.165) is 0 Å². The van der Waals surface area contributed by atoms with Gasteiger partial charge in [0.05, 0.1) is 33.5 Å². The molecule has 0 radical (unpaired) electrons. The molecule has 0 heterocycles. The molecule has 23 heavy (non-hydrogen) atoms. The predicted octanol–water partition coefficient (Wildman–Crippen LogP) is 1.09. The fourth-order valence-corrected chi connectivity index (χ4v) is 1.33. The van der Waals surface area contributed by atoms with Crippen molar-refractivity contribution in [2.24, 2.45) is 0 Å². The molecule has 0 spiro atoms. The molecule has 0 aliphatic heterocycles. The van der Waals surface area contributed by atoms with Gasteiger partial charge in [0.15, 0.2) is 0 Å². The highest BCUT2D eigenvalue weighted by molar-refractivity contribution is 5.64. The van der Waals surface area contributed by atoms with Crippen LogP contribution >= 0.6 is 0 Å². The minimum atomic E-state index is -1.21. The monoisotopic (exact) mass is 332 g/mol. The Morgan fingerprint density at radius 2 is 1.48 bits per heavy atom. The van der Waals surface area contributed by atoms with E-state index in [1.54, 1.807) is 0 Å². The van der Waals surface area contributed by atoms with Crippen LogP contribution in [0.25, 0.3) is 0 Å². The van der Waals surface area contributed by atoms with Crippen LogP contribution in [-0.2, 0) is 0 Å². The van der Waals surface area contributed by atoms with Crippen molar-refractivity contribution in [3.63, 3.8) is 0 Å². The Hall–Kier alpha value is -2.86. The molecule has 128 valence electrons. The number of nitrogens with one attached hydrogen (secondary N) is 1. The number of rotatable bonds is 6. The van der Waals surface area contributed by atoms with Crippen LogP contribution in [0.1, 0.15) is 13.8 Å². The summed E-state index contributed by atoms with van der Waals surface area (Å²) in [5, 5.41) is 51.5. The third kappa shape index (κ3) is 6.62. The van der Waals surface area contributed by atoms with Crippen LogP contribution in [0.2, 0.25) is 0 Å². The summed E-state index contributed by atoms with van der Waals surface area (Å²) in [5.41, 5.74) is -3.00. The zero-order valence-electron chi connectivity index (χ0n) is 12.3. The Morgan fingerprint density at radius 1 is 1.04 bits per heavy atom. The van der Waals surface area contributed by atoms with Crippen molar-refractivity contribution in [3.05, 3.63) is 42.5 Å². The van der Waals surface area contributed by atoms with Crippen LogP contribution in [-0.4, -0.2) is 44.2 Å². The first-order chi connectivity index (χ1) is 10.6. The van der Waals surface area contributed by atoms with Crippen LogP contribution in [0, 0.1) is 30.3 Å². The molecule has 1 aromatic carbocycles. The van der Waals surface area contributed by atoms with Crippen molar-refractivity contribution in [2.75, 3.05) is 13.2 Å². The molecular weight excluding hydrogens is 316 g/mol. The number of nitrogens with zero attached hydrogens (tertiary/aromatic N) is 3. The number of aliphatic hydroxyl groups is 1. The fourth-order valence-electron chi connectivity index (χ4n) is 1.33. The number of hydrogen-bond donors (Lipinski definition) is 3. The van der Waals surface area contributed by atoms with Gasteiger partial charge in [-0.05, 0) is 0 Å². The predicted molar refractivity (Wildman–Crippen MR) is 78.3 cm³/mol. The number of aliphatic hydroxyl groups excluding tert-OH is 1. The highest BCUT2D eigenvalue weighted by Gasteiger charge is 2.30. The second-order valence-corrected chi connectivity index (χ2v) is 4.44. The molecule has 12 heteroatoms. The van der Waals surface area contributed by atoms with Crippen LogP contribution in [0.3, 0.4) is 0 Å². The van der Waals surface area contributed by atoms with Crippen LogP contribution in [0.5, 0.6) is 5.75 Å². The standard InChI is InChI=1S/C6H3N3O7.C5H13NO/c10-6-4(8(13)14)1-3(7(11)12)2-5(6)9(15)16;1-5(2)6-3-4-7/h1-2,10H;5-7H,3-4H2,1-2H3. The number of non-ortho nitro benzene ring substituents is 1. The van der Waals surface area contributed by atoms with Crippen molar-refractivity contribution < 1.29 is 25.0 Å². The van der Waals surface area contributed by atoms with Gasteiger partial charge in [0, 0.05) is 12.6 Å². The zero-order valence-corrected chi connectivity index (χ0v) is 12.3. The Labute approximate surface area is 129 Å². The second kappa shape index (κ2) is 9.22. The first kappa shape index (κ1) is 20.1. The van der Waals surface area contributed by atoms with Gasteiger partial charge in [-0.25, -0.2) is 0 Å². The quantitative estimate of drug-likeness (QED) is 0.507. The molecule has 0 atom stereocenters. The summed E-state index contributed by atoms with van der Waals surface area (Å²) < 4.78 is 0. The Balaban J connectivity index is 0.000000585. The van der Waals surface area contributed by atoms with Gasteiger partial charge in [0.2, 0.25) is 0 Å². The van der Waals surface area contributed by atoms with E-state index in [2.05, 4.69) is 19.2 Å². The summed E-state index contributed by atoms with van der Waals surface area (Å²) >= 11 is 0. The molecule has 0 fully saturated rings. The highest BCUT2D eigenvalue weighted by Crippen LogP contribution is 2.38. The minimum absolute atomic E-state index is 0.234. The Morgan fingerprint density at radius 3 is 1.70 bits per heavy atom. The summed E-state index contributed by atoms with van der Waals surface area (Å²) in [6.45, 7) is 5.04. The van der Waals surface area contributed by atoms with Crippen molar-refractivity contribution >= 4 is 17.1 Å². The molecule has 0 aromatic heterocycles.